The van der Waals surface area contributed by atoms with E-state index >= 15 is 0 Å². The first-order valence-electron chi connectivity index (χ1n) is 7.48. The number of hydrogen-bond donors (Lipinski definition) is 1. The largest absolute Gasteiger partial charge is 0.247 e. The molecule has 2 nitrogen and oxygen atoms in total. The lowest BCUT2D eigenvalue weighted by atomic mass is 9.99. The Labute approximate surface area is 115 Å². The molecule has 1 N–H and O–H groups in total. The summed E-state index contributed by atoms with van der Waals surface area (Å²) in [6.07, 6.45) is 5.68. The van der Waals surface area contributed by atoms with Gasteiger partial charge >= 0.3 is 0 Å². The first-order chi connectivity index (χ1) is 9.16. The van der Waals surface area contributed by atoms with Gasteiger partial charge in [0.15, 0.2) is 0 Å². The van der Waals surface area contributed by atoms with Crippen LogP contribution < -0.4 is 5.43 Å². The van der Waals surface area contributed by atoms with Crippen LogP contribution in [-0.2, 0) is 6.42 Å². The maximum absolute atomic E-state index is 13.8. The van der Waals surface area contributed by atoms with E-state index in [9.17, 15) is 4.39 Å². The van der Waals surface area contributed by atoms with E-state index in [1.165, 1.54) is 19.3 Å². The molecule has 0 amide bonds. The number of halogens is 1. The highest BCUT2D eigenvalue weighted by molar-refractivity contribution is 5.35. The van der Waals surface area contributed by atoms with Gasteiger partial charge in [0.1, 0.15) is 5.82 Å². The Morgan fingerprint density at radius 3 is 2.63 bits per heavy atom. The smallest absolute Gasteiger partial charge is 0.126 e. The van der Waals surface area contributed by atoms with Gasteiger partial charge in [0.25, 0.3) is 0 Å². The molecule has 0 saturated carbocycles. The van der Waals surface area contributed by atoms with Crippen LogP contribution in [0, 0.1) is 5.82 Å². The van der Waals surface area contributed by atoms with Crippen molar-refractivity contribution in [1.29, 1.82) is 0 Å². The minimum Gasteiger partial charge on any atom is -0.247 e. The highest BCUT2D eigenvalue weighted by Crippen LogP contribution is 2.34. The molecule has 0 bridgehead atoms. The van der Waals surface area contributed by atoms with E-state index in [0.717, 1.165) is 24.0 Å². The summed E-state index contributed by atoms with van der Waals surface area (Å²) >= 11 is 0. The number of fused-ring (bicyclic) bond motifs is 1. The van der Waals surface area contributed by atoms with E-state index < -0.39 is 0 Å². The molecule has 19 heavy (non-hydrogen) atoms. The molecule has 1 aliphatic heterocycles. The monoisotopic (exact) mass is 262 g/mol. The van der Waals surface area contributed by atoms with Crippen molar-refractivity contribution in [3.05, 3.63) is 35.1 Å². The molecule has 2 aliphatic rings. The Balaban J connectivity index is 1.77. The van der Waals surface area contributed by atoms with Gasteiger partial charge in [-0.05, 0) is 56.7 Å². The van der Waals surface area contributed by atoms with Crippen molar-refractivity contribution in [3.8, 4) is 0 Å². The minimum absolute atomic E-state index is 0.0402. The Morgan fingerprint density at radius 2 is 1.89 bits per heavy atom. The summed E-state index contributed by atoms with van der Waals surface area (Å²) in [5.41, 5.74) is 5.74. The standard InChI is InChI=1S/C16H23FN2/c1-11-5-3-6-12(2)19(11)18-16-10-9-13-14(16)7-4-8-15(13)17/h4,7-8,11-12,16,18H,3,5-6,9-10H2,1-2H3. The van der Waals surface area contributed by atoms with Gasteiger partial charge in [-0.1, -0.05) is 18.6 Å². The third kappa shape index (κ3) is 2.41. The molecule has 1 aromatic rings. The van der Waals surface area contributed by atoms with Crippen molar-refractivity contribution in [1.82, 2.24) is 10.4 Å². The molecule has 0 aromatic heterocycles. The van der Waals surface area contributed by atoms with Crippen LogP contribution in [0.15, 0.2) is 18.2 Å². The minimum atomic E-state index is -0.0402. The van der Waals surface area contributed by atoms with Crippen LogP contribution in [0.1, 0.15) is 56.7 Å². The molecule has 3 unspecified atom stereocenters. The van der Waals surface area contributed by atoms with Gasteiger partial charge in [-0.15, -0.1) is 0 Å². The number of rotatable bonds is 2. The van der Waals surface area contributed by atoms with Gasteiger partial charge < -0.3 is 0 Å². The number of piperidine rings is 1. The molecule has 0 spiro atoms. The van der Waals surface area contributed by atoms with Crippen LogP contribution in [0.5, 0.6) is 0 Å². The van der Waals surface area contributed by atoms with Crippen molar-refractivity contribution in [3.63, 3.8) is 0 Å². The quantitative estimate of drug-likeness (QED) is 0.876. The Hall–Kier alpha value is -0.930. The third-order valence-corrected chi connectivity index (χ3v) is 4.71. The molecule has 1 aliphatic carbocycles. The second kappa shape index (κ2) is 5.22. The summed E-state index contributed by atoms with van der Waals surface area (Å²) in [6.45, 7) is 4.56. The predicted octanol–water partition coefficient (Wildman–Crippen LogP) is 3.58. The number of benzene rings is 1. The first kappa shape index (κ1) is 13.1. The molecular weight excluding hydrogens is 239 g/mol. The van der Waals surface area contributed by atoms with Crippen molar-refractivity contribution in [2.45, 2.75) is 64.1 Å². The fraction of sp³-hybridized carbons (Fsp3) is 0.625. The van der Waals surface area contributed by atoms with E-state index in [1.54, 1.807) is 6.07 Å². The van der Waals surface area contributed by atoms with Gasteiger partial charge in [0.05, 0.1) is 0 Å². The van der Waals surface area contributed by atoms with E-state index in [0.29, 0.717) is 12.1 Å². The zero-order chi connectivity index (χ0) is 13.4. The molecule has 104 valence electrons. The van der Waals surface area contributed by atoms with Crippen LogP contribution in [0.2, 0.25) is 0 Å². The van der Waals surface area contributed by atoms with E-state index in [4.69, 9.17) is 0 Å². The lowest BCUT2D eigenvalue weighted by Crippen LogP contribution is -2.52. The van der Waals surface area contributed by atoms with E-state index in [1.807, 2.05) is 6.07 Å². The SMILES string of the molecule is CC1CCCC(C)N1NC1CCc2c(F)cccc21. The summed E-state index contributed by atoms with van der Waals surface area (Å²) in [6, 6.07) is 6.91. The lowest BCUT2D eigenvalue weighted by Gasteiger charge is -2.41. The van der Waals surface area contributed by atoms with E-state index in [-0.39, 0.29) is 11.9 Å². The van der Waals surface area contributed by atoms with Crippen LogP contribution in [-0.4, -0.2) is 17.1 Å². The molecule has 1 fully saturated rings. The topological polar surface area (TPSA) is 15.3 Å². The van der Waals surface area contributed by atoms with Crippen molar-refractivity contribution in [2.75, 3.05) is 0 Å². The number of hydrazine groups is 1. The Bertz CT molecular complexity index is 450. The fourth-order valence-electron chi connectivity index (χ4n) is 3.60. The molecular formula is C16H23FN2. The number of nitrogens with zero attached hydrogens (tertiary/aromatic N) is 1. The highest BCUT2D eigenvalue weighted by Gasteiger charge is 2.31. The number of nitrogens with one attached hydrogen (secondary N) is 1. The van der Waals surface area contributed by atoms with Gasteiger partial charge in [-0.2, -0.15) is 0 Å². The summed E-state index contributed by atoms with van der Waals surface area (Å²) in [7, 11) is 0. The van der Waals surface area contributed by atoms with Gasteiger partial charge in [0, 0.05) is 18.1 Å². The number of hydrogen-bond acceptors (Lipinski definition) is 2. The summed E-state index contributed by atoms with van der Waals surface area (Å²) < 4.78 is 13.8. The fourth-order valence-corrected chi connectivity index (χ4v) is 3.60. The lowest BCUT2D eigenvalue weighted by molar-refractivity contribution is 0.0293. The van der Waals surface area contributed by atoms with Crippen molar-refractivity contribution in [2.24, 2.45) is 0 Å². The molecule has 1 aromatic carbocycles. The first-order valence-corrected chi connectivity index (χ1v) is 7.48. The molecule has 3 heteroatoms. The van der Waals surface area contributed by atoms with Crippen LogP contribution in [0.25, 0.3) is 0 Å². The molecule has 1 saturated heterocycles. The van der Waals surface area contributed by atoms with Gasteiger partial charge in [0.2, 0.25) is 0 Å². The van der Waals surface area contributed by atoms with Crippen molar-refractivity contribution >= 4 is 0 Å². The molecule has 3 rings (SSSR count). The maximum atomic E-state index is 13.8. The summed E-state index contributed by atoms with van der Waals surface area (Å²) in [4.78, 5) is 0. The maximum Gasteiger partial charge on any atom is 0.126 e. The van der Waals surface area contributed by atoms with Gasteiger partial charge in [-0.25, -0.2) is 14.8 Å². The normalized spacial score (nSPS) is 31.4. The van der Waals surface area contributed by atoms with Crippen LogP contribution >= 0.6 is 0 Å². The van der Waals surface area contributed by atoms with E-state index in [2.05, 4.69) is 30.3 Å². The molecule has 1 heterocycles. The Kier molecular flexibility index (Phi) is 3.59. The third-order valence-electron chi connectivity index (χ3n) is 4.71. The molecule has 3 atom stereocenters. The predicted molar refractivity (Wildman–Crippen MR) is 75.2 cm³/mol. The average Bonchev–Trinajstić information content (AvgIpc) is 2.79. The van der Waals surface area contributed by atoms with Crippen molar-refractivity contribution < 1.29 is 4.39 Å². The molecule has 0 radical (unpaired) electrons. The summed E-state index contributed by atoms with van der Waals surface area (Å²) in [5.74, 6) is -0.0402. The second-order valence-corrected chi connectivity index (χ2v) is 6.06. The highest BCUT2D eigenvalue weighted by atomic mass is 19.1. The van der Waals surface area contributed by atoms with Gasteiger partial charge in [-0.3, -0.25) is 0 Å². The summed E-state index contributed by atoms with van der Waals surface area (Å²) in [5, 5.41) is 2.40. The van der Waals surface area contributed by atoms with Crippen LogP contribution in [0.4, 0.5) is 4.39 Å². The average molecular weight is 262 g/mol. The Morgan fingerprint density at radius 1 is 1.16 bits per heavy atom. The second-order valence-electron chi connectivity index (χ2n) is 6.06. The zero-order valence-electron chi connectivity index (χ0n) is 11.8. The zero-order valence-corrected chi connectivity index (χ0v) is 11.8. The van der Waals surface area contributed by atoms with Crippen LogP contribution in [0.3, 0.4) is 0 Å².